The lowest BCUT2D eigenvalue weighted by atomic mass is 10.1. The summed E-state index contributed by atoms with van der Waals surface area (Å²) in [4.78, 5) is 8.22. The molecule has 0 atom stereocenters. The predicted octanol–water partition coefficient (Wildman–Crippen LogP) is 4.68. The van der Waals surface area contributed by atoms with Crippen molar-refractivity contribution in [3.05, 3.63) is 66.6 Å². The number of methoxy groups -OCH3 is 2. The van der Waals surface area contributed by atoms with Crippen LogP contribution in [-0.4, -0.2) is 30.8 Å². The van der Waals surface area contributed by atoms with Crippen molar-refractivity contribution < 1.29 is 23.0 Å². The number of nitrogens with zero attached hydrogens (tertiary/aromatic N) is 2. The Morgan fingerprint density at radius 1 is 0.963 bits per heavy atom. The van der Waals surface area contributed by atoms with Crippen LogP contribution in [0.15, 0.2) is 61.1 Å². The monoisotopic (exact) mass is 372 g/mol. The second kappa shape index (κ2) is 8.09. The Labute approximate surface area is 155 Å². The SMILES string of the molecule is COCC(F)(F)c1ccc(Oc2ncncc2-c2ccccc2OC)cc1. The molecule has 1 aromatic heterocycles. The van der Waals surface area contributed by atoms with Crippen LogP contribution < -0.4 is 9.47 Å². The van der Waals surface area contributed by atoms with Gasteiger partial charge < -0.3 is 14.2 Å². The summed E-state index contributed by atoms with van der Waals surface area (Å²) in [7, 11) is 2.81. The maximum atomic E-state index is 13.9. The molecule has 0 N–H and O–H groups in total. The van der Waals surface area contributed by atoms with E-state index in [0.29, 0.717) is 22.9 Å². The molecule has 0 aliphatic heterocycles. The molecule has 0 saturated heterocycles. The largest absolute Gasteiger partial charge is 0.496 e. The van der Waals surface area contributed by atoms with E-state index in [1.807, 2.05) is 24.3 Å². The Hall–Kier alpha value is -3.06. The fraction of sp³-hybridized carbons (Fsp3) is 0.200. The van der Waals surface area contributed by atoms with Crippen molar-refractivity contribution in [2.75, 3.05) is 20.8 Å². The Morgan fingerprint density at radius 3 is 2.41 bits per heavy atom. The van der Waals surface area contributed by atoms with Crippen molar-refractivity contribution in [3.63, 3.8) is 0 Å². The number of ether oxygens (including phenoxy) is 3. The molecular weight excluding hydrogens is 354 g/mol. The Kier molecular flexibility index (Phi) is 5.61. The van der Waals surface area contributed by atoms with E-state index in [1.54, 1.807) is 13.3 Å². The first-order chi connectivity index (χ1) is 13.0. The third kappa shape index (κ3) is 4.20. The van der Waals surface area contributed by atoms with Crippen LogP contribution in [0.1, 0.15) is 5.56 Å². The molecule has 0 radical (unpaired) electrons. The molecule has 0 aliphatic rings. The highest BCUT2D eigenvalue weighted by molar-refractivity contribution is 5.73. The van der Waals surface area contributed by atoms with Gasteiger partial charge in [0.15, 0.2) is 0 Å². The Balaban J connectivity index is 1.89. The van der Waals surface area contributed by atoms with Gasteiger partial charge in [-0.1, -0.05) is 18.2 Å². The van der Waals surface area contributed by atoms with Gasteiger partial charge in [-0.05, 0) is 30.3 Å². The topological polar surface area (TPSA) is 53.5 Å². The fourth-order valence-electron chi connectivity index (χ4n) is 2.59. The maximum absolute atomic E-state index is 13.9. The Bertz CT molecular complexity index is 902. The van der Waals surface area contributed by atoms with Gasteiger partial charge in [-0.3, -0.25) is 0 Å². The standard InChI is InChI=1S/C20H18F2N2O3/c1-25-12-20(21,22)14-7-9-15(10-8-14)27-19-17(11-23-13-24-19)16-5-3-4-6-18(16)26-2/h3-11,13H,12H2,1-2H3. The quantitative estimate of drug-likeness (QED) is 0.603. The van der Waals surface area contributed by atoms with Crippen molar-refractivity contribution in [1.29, 1.82) is 0 Å². The average Bonchev–Trinajstić information content (AvgIpc) is 2.69. The molecule has 0 saturated carbocycles. The minimum atomic E-state index is -3.06. The van der Waals surface area contributed by atoms with Crippen LogP contribution in [0.3, 0.4) is 0 Å². The summed E-state index contributed by atoms with van der Waals surface area (Å²) in [6.45, 7) is -0.683. The highest BCUT2D eigenvalue weighted by Gasteiger charge is 2.31. The summed E-state index contributed by atoms with van der Waals surface area (Å²) in [5.41, 5.74) is 1.24. The lowest BCUT2D eigenvalue weighted by Gasteiger charge is -2.16. The zero-order valence-corrected chi connectivity index (χ0v) is 14.9. The van der Waals surface area contributed by atoms with Crippen LogP contribution in [0.4, 0.5) is 8.78 Å². The third-order valence-corrected chi connectivity index (χ3v) is 3.89. The van der Waals surface area contributed by atoms with Crippen LogP contribution >= 0.6 is 0 Å². The summed E-state index contributed by atoms with van der Waals surface area (Å²) in [6, 6.07) is 12.9. The van der Waals surface area contributed by atoms with Crippen LogP contribution in [0.2, 0.25) is 0 Å². The molecule has 0 fully saturated rings. The molecule has 0 aliphatic carbocycles. The molecule has 0 spiro atoms. The summed E-state index contributed by atoms with van der Waals surface area (Å²) >= 11 is 0. The van der Waals surface area contributed by atoms with Crippen molar-refractivity contribution in [2.24, 2.45) is 0 Å². The fourth-order valence-corrected chi connectivity index (χ4v) is 2.59. The molecule has 27 heavy (non-hydrogen) atoms. The van der Waals surface area contributed by atoms with Crippen molar-refractivity contribution in [1.82, 2.24) is 9.97 Å². The highest BCUT2D eigenvalue weighted by Crippen LogP contribution is 2.36. The van der Waals surface area contributed by atoms with Crippen molar-refractivity contribution >= 4 is 0 Å². The van der Waals surface area contributed by atoms with Gasteiger partial charge in [0.25, 0.3) is 5.92 Å². The van der Waals surface area contributed by atoms with Crippen LogP contribution in [0.25, 0.3) is 11.1 Å². The first-order valence-corrected chi connectivity index (χ1v) is 8.13. The van der Waals surface area contributed by atoms with Crippen LogP contribution in [-0.2, 0) is 10.7 Å². The lowest BCUT2D eigenvalue weighted by Crippen LogP contribution is -2.19. The van der Waals surface area contributed by atoms with E-state index < -0.39 is 12.5 Å². The highest BCUT2D eigenvalue weighted by atomic mass is 19.3. The van der Waals surface area contributed by atoms with Crippen LogP contribution in [0.5, 0.6) is 17.4 Å². The van der Waals surface area contributed by atoms with Gasteiger partial charge in [-0.25, -0.2) is 9.97 Å². The number of benzene rings is 2. The molecule has 0 amide bonds. The smallest absolute Gasteiger partial charge is 0.296 e. The van der Waals surface area contributed by atoms with E-state index in [0.717, 1.165) is 5.56 Å². The second-order valence-corrected chi connectivity index (χ2v) is 5.71. The van der Waals surface area contributed by atoms with Gasteiger partial charge in [0.2, 0.25) is 5.88 Å². The number of hydrogen-bond acceptors (Lipinski definition) is 5. The number of alkyl halides is 2. The van der Waals surface area contributed by atoms with Gasteiger partial charge >= 0.3 is 0 Å². The van der Waals surface area contributed by atoms with E-state index in [4.69, 9.17) is 9.47 Å². The molecule has 7 heteroatoms. The molecule has 0 bridgehead atoms. The van der Waals surface area contributed by atoms with E-state index in [2.05, 4.69) is 14.7 Å². The second-order valence-electron chi connectivity index (χ2n) is 5.71. The lowest BCUT2D eigenvalue weighted by molar-refractivity contribution is -0.0698. The minimum absolute atomic E-state index is 0.149. The minimum Gasteiger partial charge on any atom is -0.496 e. The van der Waals surface area contributed by atoms with Crippen LogP contribution in [0, 0.1) is 0 Å². The Morgan fingerprint density at radius 2 is 1.70 bits per heavy atom. The summed E-state index contributed by atoms with van der Waals surface area (Å²) in [5, 5.41) is 0. The molecule has 3 rings (SSSR count). The first-order valence-electron chi connectivity index (χ1n) is 8.13. The molecule has 0 unspecified atom stereocenters. The zero-order chi connectivity index (χ0) is 19.3. The average molecular weight is 372 g/mol. The zero-order valence-electron chi connectivity index (χ0n) is 14.9. The van der Waals surface area contributed by atoms with Crippen molar-refractivity contribution in [3.8, 4) is 28.5 Å². The summed E-state index contributed by atoms with van der Waals surface area (Å²) in [6.07, 6.45) is 2.97. The van der Waals surface area contributed by atoms with E-state index >= 15 is 0 Å². The number of halogens is 2. The summed E-state index contributed by atoms with van der Waals surface area (Å²) in [5.74, 6) is -1.75. The van der Waals surface area contributed by atoms with E-state index in [9.17, 15) is 8.78 Å². The van der Waals surface area contributed by atoms with E-state index in [1.165, 1.54) is 37.7 Å². The predicted molar refractivity (Wildman–Crippen MR) is 96.3 cm³/mol. The first kappa shape index (κ1) is 18.7. The van der Waals surface area contributed by atoms with Crippen molar-refractivity contribution in [2.45, 2.75) is 5.92 Å². The number of hydrogen-bond donors (Lipinski definition) is 0. The number of para-hydroxylation sites is 1. The number of aromatic nitrogens is 2. The van der Waals surface area contributed by atoms with Gasteiger partial charge in [0.05, 0.1) is 12.7 Å². The molecule has 140 valence electrons. The molecule has 1 heterocycles. The van der Waals surface area contributed by atoms with Gasteiger partial charge in [0.1, 0.15) is 24.4 Å². The third-order valence-electron chi connectivity index (χ3n) is 3.89. The normalized spacial score (nSPS) is 11.3. The molecule has 2 aromatic carbocycles. The maximum Gasteiger partial charge on any atom is 0.296 e. The molecule has 3 aromatic rings. The number of rotatable bonds is 7. The summed E-state index contributed by atoms with van der Waals surface area (Å²) < 4.78 is 43.5. The molecular formula is C20H18F2N2O3. The van der Waals surface area contributed by atoms with Gasteiger partial charge in [-0.2, -0.15) is 8.78 Å². The van der Waals surface area contributed by atoms with Gasteiger partial charge in [-0.15, -0.1) is 0 Å². The van der Waals surface area contributed by atoms with Gasteiger partial charge in [0, 0.05) is 24.4 Å². The van der Waals surface area contributed by atoms with E-state index in [-0.39, 0.29) is 5.56 Å². The molecule has 5 nitrogen and oxygen atoms in total.